The van der Waals surface area contributed by atoms with Crippen LogP contribution in [0.4, 0.5) is 0 Å². The number of ether oxygens (including phenoxy) is 1. The van der Waals surface area contributed by atoms with E-state index in [9.17, 15) is 9.59 Å². The topological polar surface area (TPSA) is 58.6 Å². The zero-order valence-corrected chi connectivity index (χ0v) is 22.7. The van der Waals surface area contributed by atoms with Crippen molar-refractivity contribution in [2.45, 2.75) is 52.1 Å². The molecule has 3 aromatic carbocycles. The second-order valence-corrected chi connectivity index (χ2v) is 9.70. The Labute approximate surface area is 223 Å². The Morgan fingerprint density at radius 2 is 1.56 bits per heavy atom. The maximum atomic E-state index is 13.6. The fourth-order valence-corrected chi connectivity index (χ4v) is 4.16. The summed E-state index contributed by atoms with van der Waals surface area (Å²) in [7, 11) is 0. The van der Waals surface area contributed by atoms with Crippen LogP contribution in [0, 0.1) is 0 Å². The van der Waals surface area contributed by atoms with Gasteiger partial charge >= 0.3 is 0 Å². The average molecular weight is 552 g/mol. The van der Waals surface area contributed by atoms with E-state index >= 15 is 0 Å². The summed E-state index contributed by atoms with van der Waals surface area (Å²) in [6.07, 6.45) is 3.23. The minimum Gasteiger partial charge on any atom is -0.484 e. The van der Waals surface area contributed by atoms with Crippen molar-refractivity contribution in [2.75, 3.05) is 13.2 Å². The largest absolute Gasteiger partial charge is 0.484 e. The van der Waals surface area contributed by atoms with Crippen molar-refractivity contribution >= 4 is 27.7 Å². The summed E-state index contributed by atoms with van der Waals surface area (Å²) in [6.45, 7) is 4.93. The normalized spacial score (nSPS) is 11.5. The molecule has 0 heterocycles. The van der Waals surface area contributed by atoms with Gasteiger partial charge in [0.2, 0.25) is 5.91 Å². The molecule has 3 rings (SSSR count). The third-order valence-electron chi connectivity index (χ3n) is 6.06. The van der Waals surface area contributed by atoms with E-state index in [1.165, 1.54) is 5.56 Å². The predicted octanol–water partition coefficient (Wildman–Crippen LogP) is 5.95. The molecule has 1 N–H and O–H groups in total. The van der Waals surface area contributed by atoms with Crippen LogP contribution < -0.4 is 10.1 Å². The van der Waals surface area contributed by atoms with E-state index in [4.69, 9.17) is 4.74 Å². The molecule has 190 valence electrons. The highest BCUT2D eigenvalue weighted by Gasteiger charge is 2.30. The van der Waals surface area contributed by atoms with Crippen LogP contribution in [0.5, 0.6) is 5.75 Å². The molecule has 5 nitrogen and oxygen atoms in total. The minimum atomic E-state index is -0.661. The van der Waals surface area contributed by atoms with Gasteiger partial charge in [-0.15, -0.1) is 0 Å². The molecule has 0 aromatic heterocycles. The molecule has 6 heteroatoms. The Balaban J connectivity index is 1.85. The number of hydrogen-bond donors (Lipinski definition) is 1. The number of benzene rings is 3. The lowest BCUT2D eigenvalue weighted by Crippen LogP contribution is -2.51. The molecule has 0 unspecified atom stereocenters. The first kappa shape index (κ1) is 27.5. The third kappa shape index (κ3) is 8.52. The number of nitrogens with zero attached hydrogens (tertiary/aromatic N) is 1. The standard InChI is InChI=1S/C30H35BrN2O3/c1-3-5-19-32-30(35)28(20-24-9-7-6-8-10-24)33(21-25-11-15-26(31)16-12-25)29(34)22-36-27-17-13-23(4-2)14-18-27/h6-18,28H,3-5,19-22H2,1-2H3,(H,32,35)/t28-/m0/s1. The SMILES string of the molecule is CCCCNC(=O)[C@H](Cc1ccccc1)N(Cc1ccc(Br)cc1)C(=O)COc1ccc(CC)cc1. The number of hydrogen-bond acceptors (Lipinski definition) is 3. The summed E-state index contributed by atoms with van der Waals surface area (Å²) in [6, 6.07) is 24.7. The van der Waals surface area contributed by atoms with E-state index in [1.807, 2.05) is 78.9 Å². The Morgan fingerprint density at radius 3 is 2.19 bits per heavy atom. The molecular formula is C30H35BrN2O3. The summed E-state index contributed by atoms with van der Waals surface area (Å²) in [5.41, 5.74) is 3.15. The average Bonchev–Trinajstić information content (AvgIpc) is 2.91. The van der Waals surface area contributed by atoms with Crippen molar-refractivity contribution in [2.24, 2.45) is 0 Å². The quantitative estimate of drug-likeness (QED) is 0.267. The maximum Gasteiger partial charge on any atom is 0.261 e. The van der Waals surface area contributed by atoms with Crippen molar-refractivity contribution in [1.29, 1.82) is 0 Å². The number of halogens is 1. The van der Waals surface area contributed by atoms with Gasteiger partial charge in [-0.05, 0) is 53.8 Å². The number of aryl methyl sites for hydroxylation is 1. The zero-order valence-electron chi connectivity index (χ0n) is 21.1. The second-order valence-electron chi connectivity index (χ2n) is 8.78. The van der Waals surface area contributed by atoms with Gasteiger partial charge in [-0.1, -0.05) is 90.8 Å². The highest BCUT2D eigenvalue weighted by molar-refractivity contribution is 9.10. The van der Waals surface area contributed by atoms with Crippen LogP contribution in [0.1, 0.15) is 43.4 Å². The molecule has 1 atom stereocenters. The van der Waals surface area contributed by atoms with Gasteiger partial charge in [0.1, 0.15) is 11.8 Å². The molecule has 2 amide bonds. The predicted molar refractivity (Wildman–Crippen MR) is 148 cm³/mol. The van der Waals surface area contributed by atoms with Crippen molar-refractivity contribution in [1.82, 2.24) is 10.2 Å². The van der Waals surface area contributed by atoms with Gasteiger partial charge in [0.25, 0.3) is 5.91 Å². The van der Waals surface area contributed by atoms with Crippen molar-refractivity contribution in [3.8, 4) is 5.75 Å². The van der Waals surface area contributed by atoms with Gasteiger partial charge in [0.05, 0.1) is 0 Å². The Hall–Kier alpha value is -3.12. The van der Waals surface area contributed by atoms with Crippen molar-refractivity contribution < 1.29 is 14.3 Å². The van der Waals surface area contributed by atoms with E-state index in [-0.39, 0.29) is 18.4 Å². The van der Waals surface area contributed by atoms with Crippen LogP contribution in [0.25, 0.3) is 0 Å². The number of unbranched alkanes of at least 4 members (excludes halogenated alkanes) is 1. The highest BCUT2D eigenvalue weighted by Crippen LogP contribution is 2.18. The van der Waals surface area contributed by atoms with Gasteiger partial charge in [-0.3, -0.25) is 9.59 Å². The van der Waals surface area contributed by atoms with E-state index in [1.54, 1.807) is 4.90 Å². The van der Waals surface area contributed by atoms with Crippen molar-refractivity contribution in [3.05, 3.63) is 100 Å². The van der Waals surface area contributed by atoms with Crippen LogP contribution >= 0.6 is 15.9 Å². The van der Waals surface area contributed by atoms with E-state index in [0.29, 0.717) is 25.3 Å². The number of carbonyl (C=O) groups is 2. The summed E-state index contributed by atoms with van der Waals surface area (Å²) in [5.74, 6) is 0.255. The Bertz CT molecular complexity index is 1090. The molecule has 36 heavy (non-hydrogen) atoms. The molecule has 0 radical (unpaired) electrons. The molecule has 0 bridgehead atoms. The van der Waals surface area contributed by atoms with E-state index in [2.05, 4.69) is 35.1 Å². The second kappa shape index (κ2) is 14.4. The first-order valence-electron chi connectivity index (χ1n) is 12.6. The molecule has 0 spiro atoms. The van der Waals surface area contributed by atoms with Crippen LogP contribution in [-0.4, -0.2) is 35.9 Å². The molecule has 0 fully saturated rings. The number of rotatable bonds is 13. The molecule has 3 aromatic rings. The summed E-state index contributed by atoms with van der Waals surface area (Å²) in [4.78, 5) is 28.6. The Kier molecular flexibility index (Phi) is 11.0. The zero-order chi connectivity index (χ0) is 25.8. The molecule has 0 saturated carbocycles. The number of nitrogens with one attached hydrogen (secondary N) is 1. The molecule has 0 saturated heterocycles. The lowest BCUT2D eigenvalue weighted by molar-refractivity contribution is -0.142. The maximum absolute atomic E-state index is 13.6. The lowest BCUT2D eigenvalue weighted by Gasteiger charge is -2.31. The van der Waals surface area contributed by atoms with E-state index < -0.39 is 6.04 Å². The van der Waals surface area contributed by atoms with Crippen molar-refractivity contribution in [3.63, 3.8) is 0 Å². The van der Waals surface area contributed by atoms with Gasteiger partial charge in [0.15, 0.2) is 6.61 Å². The third-order valence-corrected chi connectivity index (χ3v) is 6.59. The first-order chi connectivity index (χ1) is 17.5. The fourth-order valence-electron chi connectivity index (χ4n) is 3.90. The highest BCUT2D eigenvalue weighted by atomic mass is 79.9. The minimum absolute atomic E-state index is 0.143. The number of amides is 2. The Morgan fingerprint density at radius 1 is 0.889 bits per heavy atom. The van der Waals surface area contributed by atoms with Gasteiger partial charge in [0, 0.05) is 24.0 Å². The summed E-state index contributed by atoms with van der Waals surface area (Å²) < 4.78 is 6.81. The van der Waals surface area contributed by atoms with Crippen LogP contribution in [0.15, 0.2) is 83.3 Å². The molecule has 0 aliphatic heterocycles. The number of carbonyl (C=O) groups excluding carboxylic acids is 2. The van der Waals surface area contributed by atoms with Crippen LogP contribution in [0.3, 0.4) is 0 Å². The first-order valence-corrected chi connectivity index (χ1v) is 13.4. The van der Waals surface area contributed by atoms with Gasteiger partial charge < -0.3 is 15.0 Å². The molecular weight excluding hydrogens is 516 g/mol. The van der Waals surface area contributed by atoms with Gasteiger partial charge in [-0.25, -0.2) is 0 Å². The smallest absolute Gasteiger partial charge is 0.261 e. The monoisotopic (exact) mass is 550 g/mol. The van der Waals surface area contributed by atoms with E-state index in [0.717, 1.165) is 34.9 Å². The van der Waals surface area contributed by atoms with Crippen LogP contribution in [0.2, 0.25) is 0 Å². The summed E-state index contributed by atoms with van der Waals surface area (Å²) in [5, 5.41) is 3.04. The summed E-state index contributed by atoms with van der Waals surface area (Å²) >= 11 is 3.47. The van der Waals surface area contributed by atoms with Gasteiger partial charge in [-0.2, -0.15) is 0 Å². The van der Waals surface area contributed by atoms with Crippen LogP contribution in [-0.2, 0) is 29.0 Å². The lowest BCUT2D eigenvalue weighted by atomic mass is 10.0. The molecule has 0 aliphatic rings. The molecule has 0 aliphatic carbocycles. The fraction of sp³-hybridized carbons (Fsp3) is 0.333.